The molecule has 2 atom stereocenters. The fourth-order valence-corrected chi connectivity index (χ4v) is 6.86. The summed E-state index contributed by atoms with van der Waals surface area (Å²) in [4.78, 5) is 12.2. The van der Waals surface area contributed by atoms with Crippen molar-refractivity contribution in [3.05, 3.63) is 12.1 Å². The van der Waals surface area contributed by atoms with Gasteiger partial charge in [-0.25, -0.2) is 26.7 Å². The van der Waals surface area contributed by atoms with E-state index in [9.17, 15) is 21.6 Å². The summed E-state index contributed by atoms with van der Waals surface area (Å²) in [6.07, 6.45) is 0.551. The molecule has 2 aromatic rings. The number of H-pyrrole nitrogens is 1. The molecule has 1 aromatic carbocycles. The second-order valence-corrected chi connectivity index (χ2v) is 10.9. The number of aromatic nitrogens is 4. The van der Waals surface area contributed by atoms with Crippen LogP contribution in [0.1, 0.15) is 6.42 Å². The summed E-state index contributed by atoms with van der Waals surface area (Å²) >= 11 is 0. The fraction of sp³-hybridized carbons (Fsp3) is 0.500. The summed E-state index contributed by atoms with van der Waals surface area (Å²) in [6.45, 7) is 1.90. The van der Waals surface area contributed by atoms with Gasteiger partial charge in [0.2, 0.25) is 31.8 Å². The molecule has 0 bridgehead atoms. The van der Waals surface area contributed by atoms with E-state index in [2.05, 4.69) is 36.0 Å². The zero-order chi connectivity index (χ0) is 23.8. The third-order valence-corrected chi connectivity index (χ3v) is 8.17. The molecule has 17 heteroatoms. The van der Waals surface area contributed by atoms with Gasteiger partial charge in [-0.1, -0.05) is 0 Å². The Balaban J connectivity index is 1.90. The first kappa shape index (κ1) is 23.5. The second kappa shape index (κ2) is 8.92. The van der Waals surface area contributed by atoms with Crippen LogP contribution >= 0.6 is 0 Å². The van der Waals surface area contributed by atoms with Gasteiger partial charge in [0.25, 0.3) is 0 Å². The minimum Gasteiger partial charge on any atom is -0.368 e. The molecule has 1 amide bonds. The highest BCUT2D eigenvalue weighted by atomic mass is 32.2. The summed E-state index contributed by atoms with van der Waals surface area (Å²) in [7, 11) is -8.87. The molecule has 0 spiro atoms. The smallest absolute Gasteiger partial charge is 0.242 e. The molecule has 3 heterocycles. The van der Waals surface area contributed by atoms with E-state index < -0.39 is 47.8 Å². The van der Waals surface area contributed by atoms with Gasteiger partial charge in [-0.15, -0.1) is 10.2 Å². The van der Waals surface area contributed by atoms with Crippen LogP contribution < -0.4 is 31.1 Å². The van der Waals surface area contributed by atoms with E-state index in [-0.39, 0.29) is 23.6 Å². The van der Waals surface area contributed by atoms with Crippen molar-refractivity contribution in [2.75, 3.05) is 37.6 Å². The molecule has 0 saturated carbocycles. The fourth-order valence-electron chi connectivity index (χ4n) is 3.99. The minimum atomic E-state index is -4.59. The second-order valence-electron chi connectivity index (χ2n) is 7.73. The molecular weight excluding hydrogens is 476 g/mol. The van der Waals surface area contributed by atoms with Gasteiger partial charge in [-0.2, -0.15) is 5.21 Å². The average Bonchev–Trinajstić information content (AvgIpc) is 3.46. The van der Waals surface area contributed by atoms with Crippen molar-refractivity contribution < 1.29 is 21.6 Å². The molecule has 0 radical (unpaired) electrons. The van der Waals surface area contributed by atoms with Crippen molar-refractivity contribution in [3.63, 3.8) is 0 Å². The van der Waals surface area contributed by atoms with Crippen molar-refractivity contribution in [2.24, 2.45) is 10.9 Å². The number of anilines is 1. The van der Waals surface area contributed by atoms with Crippen molar-refractivity contribution in [3.8, 4) is 11.4 Å². The van der Waals surface area contributed by atoms with Crippen LogP contribution in [0, 0.1) is 0 Å². The standard InChI is InChI=1S/C16H24N10O5S2/c17-15(27)10-8-26(6-5-20-10)11-1-2-12(33(30,31)23-9-3-4-19-7-9)14(32(18,28)29)13(11)16-21-24-25-22-16/h1-2,9-10,19-20,23H,3-8H2,(H2,17,27)(H2,18,28,29)(H,21,22,24,25)/t9-,10-/m1/s1. The summed E-state index contributed by atoms with van der Waals surface area (Å²) in [5, 5.41) is 25.0. The molecule has 8 N–H and O–H groups in total. The van der Waals surface area contributed by atoms with Crippen molar-refractivity contribution >= 4 is 31.6 Å². The number of hydrogen-bond acceptors (Lipinski definition) is 11. The van der Waals surface area contributed by atoms with Crippen LogP contribution in [0.3, 0.4) is 0 Å². The number of tetrazole rings is 1. The highest BCUT2D eigenvalue weighted by Gasteiger charge is 2.35. The Bertz CT molecular complexity index is 1240. The van der Waals surface area contributed by atoms with Gasteiger partial charge in [0.05, 0.1) is 5.56 Å². The summed E-state index contributed by atoms with van der Waals surface area (Å²) in [5.41, 5.74) is 5.56. The molecular formula is C16H24N10O5S2. The Hall–Kier alpha value is -2.70. The van der Waals surface area contributed by atoms with Crippen LogP contribution in [0.15, 0.2) is 21.9 Å². The highest BCUT2D eigenvalue weighted by Crippen LogP contribution is 2.38. The third-order valence-electron chi connectivity index (χ3n) is 5.48. The molecule has 2 aliphatic heterocycles. The Morgan fingerprint density at radius 3 is 2.61 bits per heavy atom. The van der Waals surface area contributed by atoms with Crippen LogP contribution in [-0.2, 0) is 24.8 Å². The number of nitrogens with zero attached hydrogens (tertiary/aromatic N) is 4. The zero-order valence-electron chi connectivity index (χ0n) is 17.4. The maximum Gasteiger partial charge on any atom is 0.242 e. The molecule has 180 valence electrons. The lowest BCUT2D eigenvalue weighted by atomic mass is 10.1. The van der Waals surface area contributed by atoms with E-state index in [1.807, 2.05) is 0 Å². The SMILES string of the molecule is NC(=O)[C@H]1CN(c2ccc(S(=O)(=O)N[C@@H]3CCNC3)c(S(N)(=O)=O)c2-c2nn[nH]n2)CCN1. The number of primary sulfonamides is 1. The van der Waals surface area contributed by atoms with E-state index in [0.717, 1.165) is 0 Å². The predicted octanol–water partition coefficient (Wildman–Crippen LogP) is -3.58. The van der Waals surface area contributed by atoms with Gasteiger partial charge < -0.3 is 21.3 Å². The molecule has 0 unspecified atom stereocenters. The molecule has 15 nitrogen and oxygen atoms in total. The lowest BCUT2D eigenvalue weighted by Gasteiger charge is -2.35. The van der Waals surface area contributed by atoms with Gasteiger partial charge in [-0.05, 0) is 30.3 Å². The first-order valence-electron chi connectivity index (χ1n) is 10.0. The molecule has 2 saturated heterocycles. The summed E-state index contributed by atoms with van der Waals surface area (Å²) < 4.78 is 54.4. The maximum absolute atomic E-state index is 13.2. The van der Waals surface area contributed by atoms with Gasteiger partial charge >= 0.3 is 0 Å². The molecule has 2 fully saturated rings. The number of nitrogens with two attached hydrogens (primary N) is 2. The summed E-state index contributed by atoms with van der Waals surface area (Å²) in [6, 6.07) is 1.51. The van der Waals surface area contributed by atoms with E-state index in [4.69, 9.17) is 10.9 Å². The third kappa shape index (κ3) is 4.82. The lowest BCUT2D eigenvalue weighted by Crippen LogP contribution is -2.56. The monoisotopic (exact) mass is 500 g/mol. The number of amides is 1. The first-order chi connectivity index (χ1) is 15.6. The first-order valence-corrected chi connectivity index (χ1v) is 13.0. The number of nitrogens with one attached hydrogen (secondary N) is 4. The van der Waals surface area contributed by atoms with E-state index in [1.165, 1.54) is 12.1 Å². The van der Waals surface area contributed by atoms with Crippen LogP contribution in [0.5, 0.6) is 0 Å². The van der Waals surface area contributed by atoms with Crippen LogP contribution in [0.25, 0.3) is 11.4 Å². The minimum absolute atomic E-state index is 0.113. The molecule has 1 aromatic heterocycles. The predicted molar refractivity (Wildman–Crippen MR) is 116 cm³/mol. The van der Waals surface area contributed by atoms with E-state index >= 15 is 0 Å². The lowest BCUT2D eigenvalue weighted by molar-refractivity contribution is -0.120. The van der Waals surface area contributed by atoms with Gasteiger partial charge in [0.15, 0.2) is 0 Å². The number of primary amides is 1. The average molecular weight is 501 g/mol. The Morgan fingerprint density at radius 1 is 1.21 bits per heavy atom. The molecule has 4 rings (SSSR count). The van der Waals surface area contributed by atoms with Crippen LogP contribution in [-0.4, -0.2) is 88.2 Å². The number of rotatable bonds is 7. The number of carbonyl (C=O) groups excluding carboxylic acids is 1. The van der Waals surface area contributed by atoms with Crippen LogP contribution in [0.2, 0.25) is 0 Å². The zero-order valence-corrected chi connectivity index (χ0v) is 19.0. The highest BCUT2D eigenvalue weighted by molar-refractivity contribution is 7.92. The molecule has 0 aliphatic carbocycles. The van der Waals surface area contributed by atoms with Crippen molar-refractivity contribution in [1.29, 1.82) is 0 Å². The number of sulfonamides is 2. The summed E-state index contributed by atoms with van der Waals surface area (Å²) in [5.74, 6) is -0.746. The van der Waals surface area contributed by atoms with Crippen molar-refractivity contribution in [2.45, 2.75) is 28.3 Å². The Morgan fingerprint density at radius 2 is 2.00 bits per heavy atom. The van der Waals surface area contributed by atoms with E-state index in [1.54, 1.807) is 4.90 Å². The van der Waals surface area contributed by atoms with E-state index in [0.29, 0.717) is 32.6 Å². The number of piperazine rings is 1. The topological polar surface area (TPSA) is 231 Å². The largest absolute Gasteiger partial charge is 0.368 e. The van der Waals surface area contributed by atoms with Gasteiger partial charge in [0, 0.05) is 37.9 Å². The Labute approximate surface area is 189 Å². The van der Waals surface area contributed by atoms with Crippen molar-refractivity contribution in [1.82, 2.24) is 36.0 Å². The maximum atomic E-state index is 13.2. The normalized spacial score (nSPS) is 21.9. The number of benzene rings is 1. The number of carbonyl (C=O) groups is 1. The Kier molecular flexibility index (Phi) is 6.34. The number of hydrogen-bond donors (Lipinski definition) is 6. The van der Waals surface area contributed by atoms with Gasteiger partial charge in [0.1, 0.15) is 15.8 Å². The molecule has 2 aliphatic rings. The number of aromatic amines is 1. The quantitative estimate of drug-likeness (QED) is 0.217. The molecule has 33 heavy (non-hydrogen) atoms. The van der Waals surface area contributed by atoms with Gasteiger partial charge in [-0.3, -0.25) is 4.79 Å². The van der Waals surface area contributed by atoms with Crippen LogP contribution in [0.4, 0.5) is 5.69 Å².